The fraction of sp³-hybridized carbons (Fsp3) is 0.368. The smallest absolute Gasteiger partial charge is 0.242 e. The van der Waals surface area contributed by atoms with Crippen molar-refractivity contribution in [2.24, 2.45) is 0 Å². The van der Waals surface area contributed by atoms with Crippen LogP contribution in [0, 0.1) is 0 Å². The van der Waals surface area contributed by atoms with Crippen LogP contribution in [0.2, 0.25) is 0 Å². The number of hydrogen-bond donors (Lipinski definition) is 1. The van der Waals surface area contributed by atoms with Gasteiger partial charge in [-0.2, -0.15) is 0 Å². The zero-order valence-corrected chi connectivity index (χ0v) is 14.3. The monoisotopic (exact) mass is 311 g/mol. The van der Waals surface area contributed by atoms with E-state index in [1.807, 2.05) is 29.7 Å². The summed E-state index contributed by atoms with van der Waals surface area (Å²) in [6.45, 7) is 6.22. The minimum Gasteiger partial charge on any atom is -0.357 e. The number of amides is 1. The summed E-state index contributed by atoms with van der Waals surface area (Å²) in [5.74, 6) is 0.00931. The molecule has 1 amide bonds. The molecule has 1 N–H and O–H groups in total. The van der Waals surface area contributed by atoms with Gasteiger partial charge in [0.05, 0.1) is 17.7 Å². The Balaban J connectivity index is 2.62. The van der Waals surface area contributed by atoms with E-state index in [0.29, 0.717) is 0 Å². The molecule has 0 saturated carbocycles. The Morgan fingerprint density at radius 3 is 2.57 bits per heavy atom. The zero-order chi connectivity index (χ0) is 16.8. The van der Waals surface area contributed by atoms with Crippen molar-refractivity contribution in [3.63, 3.8) is 0 Å². The Hall–Kier alpha value is -2.36. The average molecular weight is 311 g/mol. The average Bonchev–Trinajstić information content (AvgIpc) is 3.01. The van der Waals surface area contributed by atoms with Crippen LogP contribution in [-0.2, 0) is 4.79 Å². The van der Waals surface area contributed by atoms with Crippen LogP contribution in [0.5, 0.6) is 0 Å². The number of hydrogen-bond acceptors (Lipinski definition) is 2. The number of carbonyl (C=O) groups excluding carboxylic acids is 1. The number of nitrogens with one attached hydrogen (secondary N) is 1. The largest absolute Gasteiger partial charge is 0.357 e. The van der Waals surface area contributed by atoms with Gasteiger partial charge in [0.2, 0.25) is 5.91 Å². The Morgan fingerprint density at radius 2 is 2.00 bits per heavy atom. The molecule has 0 aliphatic heterocycles. The number of allylic oxidation sites excluding steroid dienone is 2. The topological polar surface area (TPSA) is 46.9 Å². The summed E-state index contributed by atoms with van der Waals surface area (Å²) in [5, 5.41) is 2.75. The van der Waals surface area contributed by atoms with Gasteiger partial charge in [0.25, 0.3) is 0 Å². The van der Waals surface area contributed by atoms with Gasteiger partial charge in [0.15, 0.2) is 0 Å². The van der Waals surface area contributed by atoms with Crippen molar-refractivity contribution in [1.29, 1.82) is 0 Å². The van der Waals surface area contributed by atoms with E-state index >= 15 is 0 Å². The van der Waals surface area contributed by atoms with E-state index < -0.39 is 0 Å². The van der Waals surface area contributed by atoms with E-state index in [1.165, 1.54) is 0 Å². The van der Waals surface area contributed by atoms with Gasteiger partial charge in [0, 0.05) is 12.6 Å². The van der Waals surface area contributed by atoms with Crippen LogP contribution in [0.3, 0.4) is 0 Å². The molecule has 0 aliphatic rings. The third-order valence-electron chi connectivity index (χ3n) is 4.00. The molecule has 0 saturated heterocycles. The number of aromatic nitrogens is 2. The standard InChI is InChI=1S/C19H25N3O/c1-5-10-14(3)18-17(15-11-8-7-9-12-15)21-13-22(18)16(6-2)19(23)20-4/h7-13,16H,5-6H2,1-4H3,(H,20,23). The molecule has 0 aliphatic carbocycles. The fourth-order valence-corrected chi connectivity index (χ4v) is 2.87. The molecule has 1 atom stereocenters. The number of likely N-dealkylation sites (N-methyl/N-ethyl adjacent to an activating group) is 1. The molecule has 122 valence electrons. The second-order valence-corrected chi connectivity index (χ2v) is 5.55. The molecule has 2 aromatic rings. The molecule has 1 aromatic heterocycles. The van der Waals surface area contributed by atoms with E-state index in [9.17, 15) is 4.79 Å². The first-order valence-corrected chi connectivity index (χ1v) is 8.14. The van der Waals surface area contributed by atoms with Gasteiger partial charge in [-0.3, -0.25) is 4.79 Å². The van der Waals surface area contributed by atoms with E-state index in [-0.39, 0.29) is 11.9 Å². The maximum Gasteiger partial charge on any atom is 0.242 e. The van der Waals surface area contributed by atoms with Gasteiger partial charge in [-0.1, -0.05) is 50.3 Å². The molecular formula is C19H25N3O. The van der Waals surface area contributed by atoms with E-state index in [0.717, 1.165) is 35.4 Å². The lowest BCUT2D eigenvalue weighted by Crippen LogP contribution is -2.29. The quantitative estimate of drug-likeness (QED) is 0.874. The lowest BCUT2D eigenvalue weighted by molar-refractivity contribution is -0.123. The van der Waals surface area contributed by atoms with Crippen LogP contribution in [0.4, 0.5) is 0 Å². The molecule has 23 heavy (non-hydrogen) atoms. The van der Waals surface area contributed by atoms with E-state index in [1.54, 1.807) is 13.4 Å². The van der Waals surface area contributed by atoms with Crippen LogP contribution >= 0.6 is 0 Å². The van der Waals surface area contributed by atoms with Crippen molar-refractivity contribution < 1.29 is 4.79 Å². The third-order valence-corrected chi connectivity index (χ3v) is 4.00. The molecule has 0 spiro atoms. The first-order valence-electron chi connectivity index (χ1n) is 8.14. The molecule has 1 unspecified atom stereocenters. The molecule has 4 nitrogen and oxygen atoms in total. The number of rotatable bonds is 6. The Bertz CT molecular complexity index is 686. The minimum atomic E-state index is -0.250. The summed E-state index contributed by atoms with van der Waals surface area (Å²) in [6.07, 6.45) is 5.63. The van der Waals surface area contributed by atoms with Crippen molar-refractivity contribution >= 4 is 11.5 Å². The van der Waals surface area contributed by atoms with Crippen molar-refractivity contribution in [2.75, 3.05) is 7.05 Å². The van der Waals surface area contributed by atoms with Crippen molar-refractivity contribution in [2.45, 2.75) is 39.7 Å². The van der Waals surface area contributed by atoms with Gasteiger partial charge in [-0.15, -0.1) is 0 Å². The molecular weight excluding hydrogens is 286 g/mol. The first kappa shape index (κ1) is 17.0. The van der Waals surface area contributed by atoms with Gasteiger partial charge in [-0.05, 0) is 25.3 Å². The second-order valence-electron chi connectivity index (χ2n) is 5.55. The molecule has 0 bridgehead atoms. The second kappa shape index (κ2) is 7.77. The molecule has 4 heteroatoms. The Labute approximate surface area is 138 Å². The summed E-state index contributed by atoms with van der Waals surface area (Å²) in [5.41, 5.74) is 4.16. The van der Waals surface area contributed by atoms with Crippen LogP contribution in [0.15, 0.2) is 42.7 Å². The normalized spacial score (nSPS) is 13.0. The van der Waals surface area contributed by atoms with Crippen molar-refractivity contribution in [1.82, 2.24) is 14.9 Å². The highest BCUT2D eigenvalue weighted by Crippen LogP contribution is 2.31. The highest BCUT2D eigenvalue weighted by Gasteiger charge is 2.23. The molecule has 0 radical (unpaired) electrons. The minimum absolute atomic E-state index is 0.00931. The number of imidazole rings is 1. The Kier molecular flexibility index (Phi) is 5.74. The van der Waals surface area contributed by atoms with Crippen molar-refractivity contribution in [3.8, 4) is 11.3 Å². The number of benzene rings is 1. The predicted octanol–water partition coefficient (Wildman–Crippen LogP) is 4.06. The lowest BCUT2D eigenvalue weighted by atomic mass is 10.0. The van der Waals surface area contributed by atoms with E-state index in [4.69, 9.17) is 0 Å². The fourth-order valence-electron chi connectivity index (χ4n) is 2.87. The first-order chi connectivity index (χ1) is 11.1. The lowest BCUT2D eigenvalue weighted by Gasteiger charge is -2.19. The summed E-state index contributed by atoms with van der Waals surface area (Å²) in [6, 6.07) is 9.86. The molecule has 1 heterocycles. The maximum atomic E-state index is 12.2. The van der Waals surface area contributed by atoms with Gasteiger partial charge >= 0.3 is 0 Å². The summed E-state index contributed by atoms with van der Waals surface area (Å²) >= 11 is 0. The summed E-state index contributed by atoms with van der Waals surface area (Å²) in [7, 11) is 1.68. The number of carbonyl (C=O) groups is 1. The molecule has 2 rings (SSSR count). The van der Waals surface area contributed by atoms with Crippen LogP contribution in [0.1, 0.15) is 45.3 Å². The van der Waals surface area contributed by atoms with Crippen LogP contribution in [-0.4, -0.2) is 22.5 Å². The predicted molar refractivity (Wildman–Crippen MR) is 95.0 cm³/mol. The van der Waals surface area contributed by atoms with Crippen LogP contribution < -0.4 is 5.32 Å². The molecule has 0 fully saturated rings. The van der Waals surface area contributed by atoms with Gasteiger partial charge in [0.1, 0.15) is 6.04 Å². The molecule has 1 aromatic carbocycles. The highest BCUT2D eigenvalue weighted by molar-refractivity contribution is 5.82. The SMILES string of the molecule is CCC=C(C)c1c(-c2ccccc2)ncn1C(CC)C(=O)NC. The summed E-state index contributed by atoms with van der Waals surface area (Å²) < 4.78 is 2.00. The van der Waals surface area contributed by atoms with Gasteiger partial charge in [-0.25, -0.2) is 4.98 Å². The van der Waals surface area contributed by atoms with Gasteiger partial charge < -0.3 is 9.88 Å². The zero-order valence-electron chi connectivity index (χ0n) is 14.3. The van der Waals surface area contributed by atoms with Crippen LogP contribution in [0.25, 0.3) is 16.8 Å². The Morgan fingerprint density at radius 1 is 1.30 bits per heavy atom. The highest BCUT2D eigenvalue weighted by atomic mass is 16.2. The summed E-state index contributed by atoms with van der Waals surface area (Å²) in [4.78, 5) is 16.9. The maximum absolute atomic E-state index is 12.2. The van der Waals surface area contributed by atoms with E-state index in [2.05, 4.69) is 42.4 Å². The third kappa shape index (κ3) is 3.52. The number of nitrogens with zero attached hydrogens (tertiary/aromatic N) is 2. The van der Waals surface area contributed by atoms with Crippen molar-refractivity contribution in [3.05, 3.63) is 48.4 Å².